The number of ether oxygens (including phenoxy) is 1. The van der Waals surface area contributed by atoms with E-state index in [-0.39, 0.29) is 25.1 Å². The number of carbonyl (C=O) groups excluding carboxylic acids is 1. The van der Waals surface area contributed by atoms with Crippen molar-refractivity contribution < 1.29 is 14.6 Å². The summed E-state index contributed by atoms with van der Waals surface area (Å²) < 4.78 is 6.86. The molecule has 0 fully saturated rings. The minimum atomic E-state index is -0.823. The van der Waals surface area contributed by atoms with E-state index in [9.17, 15) is 14.4 Å². The van der Waals surface area contributed by atoms with Crippen molar-refractivity contribution >= 4 is 51.7 Å². The van der Waals surface area contributed by atoms with Gasteiger partial charge < -0.3 is 9.84 Å². The van der Waals surface area contributed by atoms with Crippen LogP contribution in [0.2, 0.25) is 15.1 Å². The number of halogens is 3. The molecule has 0 bridgehead atoms. The van der Waals surface area contributed by atoms with Crippen molar-refractivity contribution in [1.29, 1.82) is 0 Å². The van der Waals surface area contributed by atoms with E-state index in [1.54, 1.807) is 30.3 Å². The van der Waals surface area contributed by atoms with Crippen molar-refractivity contribution in [3.8, 4) is 0 Å². The summed E-state index contributed by atoms with van der Waals surface area (Å²) in [4.78, 5) is 37.8. The van der Waals surface area contributed by atoms with E-state index in [0.29, 0.717) is 26.1 Å². The summed E-state index contributed by atoms with van der Waals surface area (Å²) in [6, 6.07) is 9.39. The molecule has 1 aromatic heterocycles. The molecule has 0 aliphatic rings. The molecule has 1 N–H and O–H groups in total. The van der Waals surface area contributed by atoms with Crippen LogP contribution in [-0.2, 0) is 22.6 Å². The van der Waals surface area contributed by atoms with Crippen molar-refractivity contribution in [3.63, 3.8) is 0 Å². The molecule has 3 aromatic rings. The standard InChI is InChI=1S/C19H15Cl3N2O5/c20-12-3-4-16-14(7-12)18(27)24(10-17(26)29-6-5-25)19(28)23(16)9-11-1-2-13(21)8-15(11)22/h1-4,7-8,25H,5-6,9-10H2. The van der Waals surface area contributed by atoms with Crippen molar-refractivity contribution in [1.82, 2.24) is 9.13 Å². The molecule has 3 rings (SSSR count). The molecule has 0 unspecified atom stereocenters. The smallest absolute Gasteiger partial charge is 0.332 e. The maximum atomic E-state index is 13.0. The molecule has 0 radical (unpaired) electrons. The molecule has 0 spiro atoms. The highest BCUT2D eigenvalue weighted by molar-refractivity contribution is 6.35. The van der Waals surface area contributed by atoms with Gasteiger partial charge in [-0.05, 0) is 35.9 Å². The Bertz CT molecular complexity index is 1200. The third-order valence-electron chi connectivity index (χ3n) is 4.17. The number of hydrogen-bond donors (Lipinski definition) is 1. The number of hydrogen-bond acceptors (Lipinski definition) is 5. The lowest BCUT2D eigenvalue weighted by atomic mass is 10.2. The van der Waals surface area contributed by atoms with Crippen molar-refractivity contribution in [2.24, 2.45) is 0 Å². The third kappa shape index (κ3) is 4.64. The Hall–Kier alpha value is -2.32. The molecule has 29 heavy (non-hydrogen) atoms. The Morgan fingerprint density at radius 2 is 1.69 bits per heavy atom. The van der Waals surface area contributed by atoms with Crippen LogP contribution in [0.1, 0.15) is 5.56 Å². The summed E-state index contributed by atoms with van der Waals surface area (Å²) in [6.45, 7) is -1.16. The summed E-state index contributed by atoms with van der Waals surface area (Å²) in [5.41, 5.74) is -0.443. The molecule has 0 amide bonds. The van der Waals surface area contributed by atoms with Gasteiger partial charge in [-0.3, -0.25) is 14.2 Å². The van der Waals surface area contributed by atoms with Crippen LogP contribution in [-0.4, -0.2) is 33.4 Å². The number of rotatable bonds is 6. The Morgan fingerprint density at radius 1 is 1.00 bits per heavy atom. The van der Waals surface area contributed by atoms with Gasteiger partial charge in [0, 0.05) is 15.1 Å². The zero-order valence-electron chi connectivity index (χ0n) is 14.9. The van der Waals surface area contributed by atoms with Crippen LogP contribution >= 0.6 is 34.8 Å². The first-order chi connectivity index (χ1) is 13.8. The molecule has 0 aliphatic carbocycles. The molecule has 0 atom stereocenters. The minimum absolute atomic E-state index is 0.0406. The van der Waals surface area contributed by atoms with Gasteiger partial charge in [-0.15, -0.1) is 0 Å². The van der Waals surface area contributed by atoms with Crippen molar-refractivity contribution in [2.75, 3.05) is 13.2 Å². The number of esters is 1. The lowest BCUT2D eigenvalue weighted by Crippen LogP contribution is -2.42. The van der Waals surface area contributed by atoms with E-state index in [0.717, 1.165) is 4.57 Å². The first-order valence-corrected chi connectivity index (χ1v) is 9.58. The quantitative estimate of drug-likeness (QED) is 0.575. The van der Waals surface area contributed by atoms with Gasteiger partial charge in [0.15, 0.2) is 0 Å². The van der Waals surface area contributed by atoms with Gasteiger partial charge in [0.05, 0.1) is 24.1 Å². The Labute approximate surface area is 179 Å². The number of aromatic nitrogens is 2. The molecule has 1 heterocycles. The summed E-state index contributed by atoms with van der Waals surface area (Å²) in [6.07, 6.45) is 0. The molecular formula is C19H15Cl3N2O5. The van der Waals surface area contributed by atoms with Crippen LogP contribution < -0.4 is 11.2 Å². The van der Waals surface area contributed by atoms with E-state index in [1.807, 2.05) is 0 Å². The topological polar surface area (TPSA) is 90.5 Å². The second-order valence-corrected chi connectivity index (χ2v) is 7.38. The van der Waals surface area contributed by atoms with Gasteiger partial charge in [0.1, 0.15) is 13.2 Å². The third-order valence-corrected chi connectivity index (χ3v) is 4.99. The van der Waals surface area contributed by atoms with E-state index in [4.69, 9.17) is 44.6 Å². The summed E-state index contributed by atoms with van der Waals surface area (Å²) >= 11 is 18.2. The van der Waals surface area contributed by atoms with Crippen LogP contribution in [0.25, 0.3) is 10.9 Å². The van der Waals surface area contributed by atoms with Crippen molar-refractivity contribution in [2.45, 2.75) is 13.1 Å². The fourth-order valence-corrected chi connectivity index (χ4v) is 3.48. The fraction of sp³-hybridized carbons (Fsp3) is 0.211. The Morgan fingerprint density at radius 3 is 2.38 bits per heavy atom. The minimum Gasteiger partial charge on any atom is -0.462 e. The highest BCUT2D eigenvalue weighted by Crippen LogP contribution is 2.23. The summed E-state index contributed by atoms with van der Waals surface area (Å²) in [5, 5.41) is 10.0. The monoisotopic (exact) mass is 456 g/mol. The number of nitrogens with zero attached hydrogens (tertiary/aromatic N) is 2. The predicted octanol–water partition coefficient (Wildman–Crippen LogP) is 2.71. The Balaban J connectivity index is 2.18. The van der Waals surface area contributed by atoms with E-state index in [2.05, 4.69) is 0 Å². The number of aliphatic hydroxyl groups is 1. The van der Waals surface area contributed by atoms with Crippen LogP contribution in [0.4, 0.5) is 0 Å². The first kappa shape index (κ1) is 21.4. The van der Waals surface area contributed by atoms with Gasteiger partial charge in [-0.1, -0.05) is 40.9 Å². The van der Waals surface area contributed by atoms with E-state index < -0.39 is 23.8 Å². The van der Waals surface area contributed by atoms with Gasteiger partial charge in [0.2, 0.25) is 0 Å². The zero-order chi connectivity index (χ0) is 21.1. The number of aliphatic hydroxyl groups excluding tert-OH is 1. The molecule has 2 aromatic carbocycles. The fourth-order valence-electron chi connectivity index (χ4n) is 2.84. The molecule has 10 heteroatoms. The normalized spacial score (nSPS) is 11.0. The molecule has 152 valence electrons. The van der Waals surface area contributed by atoms with Crippen molar-refractivity contribution in [3.05, 3.63) is 77.9 Å². The van der Waals surface area contributed by atoms with Crippen LogP contribution in [0.5, 0.6) is 0 Å². The summed E-state index contributed by atoms with van der Waals surface area (Å²) in [5.74, 6) is -0.823. The predicted molar refractivity (Wildman–Crippen MR) is 111 cm³/mol. The maximum absolute atomic E-state index is 13.0. The van der Waals surface area contributed by atoms with E-state index in [1.165, 1.54) is 10.6 Å². The second-order valence-electron chi connectivity index (χ2n) is 6.10. The van der Waals surface area contributed by atoms with Crippen LogP contribution in [0.15, 0.2) is 46.0 Å². The molecule has 7 nitrogen and oxygen atoms in total. The lowest BCUT2D eigenvalue weighted by Gasteiger charge is -2.15. The van der Waals surface area contributed by atoms with Gasteiger partial charge in [-0.25, -0.2) is 9.36 Å². The molecule has 0 aliphatic heterocycles. The van der Waals surface area contributed by atoms with Gasteiger partial charge in [-0.2, -0.15) is 0 Å². The average Bonchev–Trinajstić information content (AvgIpc) is 2.68. The van der Waals surface area contributed by atoms with Crippen LogP contribution in [0.3, 0.4) is 0 Å². The number of carbonyl (C=O) groups is 1. The maximum Gasteiger partial charge on any atom is 0.332 e. The first-order valence-electron chi connectivity index (χ1n) is 8.45. The zero-order valence-corrected chi connectivity index (χ0v) is 17.2. The largest absolute Gasteiger partial charge is 0.462 e. The Kier molecular flexibility index (Phi) is 6.64. The van der Waals surface area contributed by atoms with Gasteiger partial charge >= 0.3 is 11.7 Å². The van der Waals surface area contributed by atoms with Crippen LogP contribution in [0, 0.1) is 0 Å². The van der Waals surface area contributed by atoms with E-state index >= 15 is 0 Å². The molecule has 0 saturated carbocycles. The highest BCUT2D eigenvalue weighted by Gasteiger charge is 2.17. The molecular weight excluding hydrogens is 443 g/mol. The summed E-state index contributed by atoms with van der Waals surface area (Å²) in [7, 11) is 0. The average molecular weight is 458 g/mol. The number of fused-ring (bicyclic) bond motifs is 1. The van der Waals surface area contributed by atoms with Gasteiger partial charge in [0.25, 0.3) is 5.56 Å². The second kappa shape index (κ2) is 9.00. The molecule has 0 saturated heterocycles. The number of benzene rings is 2. The SMILES string of the molecule is O=C(Cn1c(=O)c2cc(Cl)ccc2n(Cc2ccc(Cl)cc2Cl)c1=O)OCCO. The highest BCUT2D eigenvalue weighted by atomic mass is 35.5. The lowest BCUT2D eigenvalue weighted by molar-refractivity contribution is -0.145.